The molecule has 0 aliphatic heterocycles. The van der Waals surface area contributed by atoms with E-state index in [4.69, 9.17) is 4.74 Å². The second-order valence-electron chi connectivity index (χ2n) is 4.31. The first-order valence-electron chi connectivity index (χ1n) is 6.17. The normalized spacial score (nSPS) is 12.2. The molecule has 0 radical (unpaired) electrons. The molecule has 2 aromatic rings. The van der Waals surface area contributed by atoms with Crippen LogP contribution < -0.4 is 10.1 Å². The number of methoxy groups -OCH3 is 1. The number of hydrogen-bond donors (Lipinski definition) is 1. The van der Waals surface area contributed by atoms with Gasteiger partial charge >= 0.3 is 0 Å². The minimum atomic E-state index is 0.208. The van der Waals surface area contributed by atoms with E-state index in [1.807, 2.05) is 42.6 Å². The van der Waals surface area contributed by atoms with Gasteiger partial charge in [-0.15, -0.1) is 0 Å². The summed E-state index contributed by atoms with van der Waals surface area (Å²) >= 11 is 3.55. The van der Waals surface area contributed by atoms with E-state index in [1.54, 1.807) is 7.11 Å². The minimum absolute atomic E-state index is 0.208. The fourth-order valence-electron chi connectivity index (χ4n) is 1.81. The first kappa shape index (κ1) is 14.0. The highest BCUT2D eigenvalue weighted by Gasteiger charge is 2.07. The Morgan fingerprint density at radius 3 is 2.84 bits per heavy atom. The van der Waals surface area contributed by atoms with Gasteiger partial charge in [0.05, 0.1) is 12.8 Å². The molecule has 0 saturated heterocycles. The summed E-state index contributed by atoms with van der Waals surface area (Å²) in [5.41, 5.74) is 2.21. The van der Waals surface area contributed by atoms with Crippen LogP contribution in [0.2, 0.25) is 0 Å². The number of aromatic nitrogens is 1. The third kappa shape index (κ3) is 3.78. The van der Waals surface area contributed by atoms with E-state index in [0.717, 1.165) is 22.5 Å². The van der Waals surface area contributed by atoms with Gasteiger partial charge in [0.25, 0.3) is 0 Å². The van der Waals surface area contributed by atoms with Gasteiger partial charge < -0.3 is 10.1 Å². The van der Waals surface area contributed by atoms with Crippen molar-refractivity contribution in [3.05, 3.63) is 58.3 Å². The molecule has 100 valence electrons. The van der Waals surface area contributed by atoms with Crippen LogP contribution in [0.3, 0.4) is 0 Å². The van der Waals surface area contributed by atoms with Gasteiger partial charge in [-0.3, -0.25) is 4.98 Å². The molecule has 1 atom stereocenters. The highest BCUT2D eigenvalue weighted by Crippen LogP contribution is 2.23. The lowest BCUT2D eigenvalue weighted by molar-refractivity contribution is 0.413. The van der Waals surface area contributed by atoms with E-state index in [0.29, 0.717) is 0 Å². The predicted molar refractivity (Wildman–Crippen MR) is 80.2 cm³/mol. The molecule has 2 rings (SSSR count). The summed E-state index contributed by atoms with van der Waals surface area (Å²) in [6.07, 6.45) is 1.81. The van der Waals surface area contributed by atoms with Gasteiger partial charge in [-0.1, -0.05) is 22.0 Å². The maximum absolute atomic E-state index is 5.24. The molecular formula is C15H17BrN2O. The first-order valence-corrected chi connectivity index (χ1v) is 6.96. The summed E-state index contributed by atoms with van der Waals surface area (Å²) in [6, 6.07) is 12.1. The van der Waals surface area contributed by atoms with E-state index in [9.17, 15) is 0 Å². The van der Waals surface area contributed by atoms with Crippen LogP contribution in [-0.4, -0.2) is 12.1 Å². The summed E-state index contributed by atoms with van der Waals surface area (Å²) in [6.45, 7) is 2.87. The van der Waals surface area contributed by atoms with Crippen molar-refractivity contribution in [2.24, 2.45) is 0 Å². The third-order valence-corrected chi connectivity index (χ3v) is 3.76. The predicted octanol–water partition coefficient (Wildman–Crippen LogP) is 3.70. The van der Waals surface area contributed by atoms with Crippen molar-refractivity contribution in [3.63, 3.8) is 0 Å². The van der Waals surface area contributed by atoms with E-state index < -0.39 is 0 Å². The summed E-state index contributed by atoms with van der Waals surface area (Å²) in [7, 11) is 1.68. The van der Waals surface area contributed by atoms with Crippen molar-refractivity contribution in [2.75, 3.05) is 7.11 Å². The lowest BCUT2D eigenvalue weighted by Gasteiger charge is -2.14. The molecule has 0 bridgehead atoms. The minimum Gasteiger partial charge on any atom is -0.497 e. The molecule has 0 spiro atoms. The Labute approximate surface area is 122 Å². The van der Waals surface area contributed by atoms with Crippen LogP contribution in [0.15, 0.2) is 47.1 Å². The molecule has 0 fully saturated rings. The maximum Gasteiger partial charge on any atom is 0.119 e. The van der Waals surface area contributed by atoms with Gasteiger partial charge in [-0.25, -0.2) is 0 Å². The van der Waals surface area contributed by atoms with Crippen LogP contribution in [0.1, 0.15) is 24.2 Å². The lowest BCUT2D eigenvalue weighted by atomic mass is 10.1. The van der Waals surface area contributed by atoms with Crippen LogP contribution in [0.4, 0.5) is 0 Å². The number of rotatable bonds is 5. The van der Waals surface area contributed by atoms with E-state index in [-0.39, 0.29) is 6.04 Å². The highest BCUT2D eigenvalue weighted by atomic mass is 79.9. The molecule has 1 N–H and O–H groups in total. The molecule has 1 aromatic carbocycles. The standard InChI is InChI=1S/C15H17BrN2O/c1-11(15-5-3-4-8-17-15)18-10-12-9-13(19-2)6-7-14(12)16/h3-9,11,18H,10H2,1-2H3/t11-/m0/s1. The van der Waals surface area contributed by atoms with E-state index in [2.05, 4.69) is 33.2 Å². The molecule has 4 heteroatoms. The Morgan fingerprint density at radius 1 is 1.32 bits per heavy atom. The Hall–Kier alpha value is -1.39. The van der Waals surface area contributed by atoms with E-state index >= 15 is 0 Å². The third-order valence-electron chi connectivity index (χ3n) is 2.98. The molecular weight excluding hydrogens is 304 g/mol. The average Bonchev–Trinajstić information content (AvgIpc) is 2.47. The summed E-state index contributed by atoms with van der Waals surface area (Å²) < 4.78 is 6.32. The summed E-state index contributed by atoms with van der Waals surface area (Å²) in [5, 5.41) is 3.46. The second-order valence-corrected chi connectivity index (χ2v) is 5.17. The molecule has 3 nitrogen and oxygen atoms in total. The summed E-state index contributed by atoms with van der Waals surface area (Å²) in [5.74, 6) is 0.866. The van der Waals surface area contributed by atoms with Crippen molar-refractivity contribution in [3.8, 4) is 5.75 Å². The van der Waals surface area contributed by atoms with Crippen LogP contribution in [0.5, 0.6) is 5.75 Å². The summed E-state index contributed by atoms with van der Waals surface area (Å²) in [4.78, 5) is 4.35. The van der Waals surface area contributed by atoms with Crippen LogP contribution in [0.25, 0.3) is 0 Å². The number of benzene rings is 1. The van der Waals surface area contributed by atoms with Crippen LogP contribution >= 0.6 is 15.9 Å². The first-order chi connectivity index (χ1) is 9.20. The average molecular weight is 321 g/mol. The Morgan fingerprint density at radius 2 is 2.16 bits per heavy atom. The number of nitrogens with zero attached hydrogens (tertiary/aromatic N) is 1. The smallest absolute Gasteiger partial charge is 0.119 e. The van der Waals surface area contributed by atoms with Gasteiger partial charge in [-0.2, -0.15) is 0 Å². The van der Waals surface area contributed by atoms with Crippen molar-refractivity contribution in [1.82, 2.24) is 10.3 Å². The number of pyridine rings is 1. The van der Waals surface area contributed by atoms with Gasteiger partial charge in [-0.05, 0) is 42.8 Å². The zero-order chi connectivity index (χ0) is 13.7. The highest BCUT2D eigenvalue weighted by molar-refractivity contribution is 9.10. The molecule has 0 aliphatic carbocycles. The number of ether oxygens (including phenoxy) is 1. The van der Waals surface area contributed by atoms with Gasteiger partial charge in [0.2, 0.25) is 0 Å². The van der Waals surface area contributed by atoms with Crippen molar-refractivity contribution in [2.45, 2.75) is 19.5 Å². The fraction of sp³-hybridized carbons (Fsp3) is 0.267. The maximum atomic E-state index is 5.24. The molecule has 0 saturated carbocycles. The monoisotopic (exact) mass is 320 g/mol. The number of nitrogens with one attached hydrogen (secondary N) is 1. The van der Waals surface area contributed by atoms with Gasteiger partial charge in [0.15, 0.2) is 0 Å². The van der Waals surface area contributed by atoms with E-state index in [1.165, 1.54) is 5.56 Å². The zero-order valence-electron chi connectivity index (χ0n) is 11.1. The number of hydrogen-bond acceptors (Lipinski definition) is 3. The van der Waals surface area contributed by atoms with Crippen molar-refractivity contribution < 1.29 is 4.74 Å². The largest absolute Gasteiger partial charge is 0.497 e. The molecule has 1 heterocycles. The van der Waals surface area contributed by atoms with Crippen LogP contribution in [0, 0.1) is 0 Å². The fourth-order valence-corrected chi connectivity index (χ4v) is 2.20. The van der Waals surface area contributed by atoms with Crippen molar-refractivity contribution >= 4 is 15.9 Å². The Bertz CT molecular complexity index is 531. The molecule has 0 amide bonds. The SMILES string of the molecule is COc1ccc(Br)c(CN[C@@H](C)c2ccccn2)c1. The molecule has 19 heavy (non-hydrogen) atoms. The van der Waals surface area contributed by atoms with Gasteiger partial charge in [0, 0.05) is 23.3 Å². The quantitative estimate of drug-likeness (QED) is 0.912. The second kappa shape index (κ2) is 6.68. The Kier molecular flexibility index (Phi) is 4.93. The Balaban J connectivity index is 2.02. The lowest BCUT2D eigenvalue weighted by Crippen LogP contribution is -2.19. The molecule has 0 unspecified atom stereocenters. The van der Waals surface area contributed by atoms with Crippen molar-refractivity contribution in [1.29, 1.82) is 0 Å². The zero-order valence-corrected chi connectivity index (χ0v) is 12.6. The topological polar surface area (TPSA) is 34.1 Å². The number of halogens is 1. The van der Waals surface area contributed by atoms with Crippen LogP contribution in [-0.2, 0) is 6.54 Å². The molecule has 0 aliphatic rings. The molecule has 1 aromatic heterocycles. The van der Waals surface area contributed by atoms with Gasteiger partial charge in [0.1, 0.15) is 5.75 Å².